The SMILES string of the molecule is CC[N+]1(CC)CCC[N+](OCc2ccccc2)(c2ccccc2)CC1.Cc1ccc(S(=O)(=O)O)cc1. The molecule has 1 N–H and O–H groups in total. The van der Waals surface area contributed by atoms with Gasteiger partial charge in [0.1, 0.15) is 19.7 Å². The number of benzene rings is 3. The highest BCUT2D eigenvalue weighted by Crippen LogP contribution is 2.29. The number of aryl methyl sites for hydroxylation is 1. The van der Waals surface area contributed by atoms with E-state index in [0.717, 1.165) is 18.7 Å². The Kier molecular flexibility index (Phi) is 9.82. The van der Waals surface area contributed by atoms with Crippen molar-refractivity contribution < 1.29 is 22.3 Å². The summed E-state index contributed by atoms with van der Waals surface area (Å²) in [5, 5.41) is 0. The van der Waals surface area contributed by atoms with Crippen molar-refractivity contribution >= 4 is 15.8 Å². The Bertz CT molecular complexity index is 1160. The first-order valence-electron chi connectivity index (χ1n) is 12.7. The molecule has 7 heteroatoms. The van der Waals surface area contributed by atoms with Gasteiger partial charge in [-0.1, -0.05) is 66.2 Å². The second-order valence-electron chi connectivity index (χ2n) is 9.49. The molecule has 6 nitrogen and oxygen atoms in total. The fourth-order valence-electron chi connectivity index (χ4n) is 4.76. The van der Waals surface area contributed by atoms with Crippen molar-refractivity contribution in [1.82, 2.24) is 4.65 Å². The third-order valence-corrected chi connectivity index (χ3v) is 8.16. The zero-order valence-electron chi connectivity index (χ0n) is 21.7. The van der Waals surface area contributed by atoms with Crippen LogP contribution in [-0.4, -0.2) is 56.7 Å². The molecule has 1 unspecified atom stereocenters. The van der Waals surface area contributed by atoms with Crippen molar-refractivity contribution in [2.45, 2.75) is 38.7 Å². The summed E-state index contributed by atoms with van der Waals surface area (Å²) in [5.41, 5.74) is 3.48. The van der Waals surface area contributed by atoms with Crippen molar-refractivity contribution in [1.29, 1.82) is 0 Å². The monoisotopic (exact) mass is 512 g/mol. The highest BCUT2D eigenvalue weighted by atomic mass is 32.2. The van der Waals surface area contributed by atoms with E-state index in [2.05, 4.69) is 74.5 Å². The van der Waals surface area contributed by atoms with Crippen LogP contribution < -0.4 is 4.65 Å². The van der Waals surface area contributed by atoms with Crippen molar-refractivity contribution in [3.63, 3.8) is 0 Å². The molecule has 1 aliphatic heterocycles. The van der Waals surface area contributed by atoms with Crippen LogP contribution in [0.5, 0.6) is 0 Å². The molecule has 3 aromatic rings. The molecule has 0 spiro atoms. The number of nitrogens with zero attached hydrogens (tertiary/aromatic N) is 2. The van der Waals surface area contributed by atoms with Crippen molar-refractivity contribution in [3.05, 3.63) is 96.1 Å². The van der Waals surface area contributed by atoms with Gasteiger partial charge in [-0.3, -0.25) is 4.55 Å². The molecule has 4 rings (SSSR count). The minimum atomic E-state index is -4.02. The maximum atomic E-state index is 10.5. The molecule has 0 amide bonds. The van der Waals surface area contributed by atoms with Crippen LogP contribution in [0.25, 0.3) is 0 Å². The number of rotatable bonds is 7. The minimum absolute atomic E-state index is 0.0666. The molecule has 1 fully saturated rings. The van der Waals surface area contributed by atoms with Crippen LogP contribution in [-0.2, 0) is 21.6 Å². The first-order valence-corrected chi connectivity index (χ1v) is 14.2. The molecule has 0 aliphatic carbocycles. The van der Waals surface area contributed by atoms with Crippen molar-refractivity contribution in [3.8, 4) is 0 Å². The van der Waals surface area contributed by atoms with E-state index in [1.54, 1.807) is 12.1 Å². The third kappa shape index (κ3) is 7.48. The Hall–Kier alpha value is -2.55. The number of para-hydroxylation sites is 1. The normalized spacial score (nSPS) is 19.6. The molecule has 1 aliphatic rings. The fourth-order valence-corrected chi connectivity index (χ4v) is 5.24. The molecule has 3 aromatic carbocycles. The highest BCUT2D eigenvalue weighted by Gasteiger charge is 2.40. The van der Waals surface area contributed by atoms with Gasteiger partial charge in [-0.15, -0.1) is 4.65 Å². The van der Waals surface area contributed by atoms with Gasteiger partial charge in [-0.05, 0) is 38.5 Å². The number of hydrogen-bond donors (Lipinski definition) is 1. The Balaban J connectivity index is 0.000000275. The molecule has 0 aromatic heterocycles. The molecule has 1 atom stereocenters. The maximum absolute atomic E-state index is 10.5. The Morgan fingerprint density at radius 1 is 0.778 bits per heavy atom. The lowest BCUT2D eigenvalue weighted by molar-refractivity contribution is -0.923. The van der Waals surface area contributed by atoms with Gasteiger partial charge in [0.15, 0.2) is 12.2 Å². The Morgan fingerprint density at radius 2 is 1.36 bits per heavy atom. The lowest BCUT2D eigenvalue weighted by Gasteiger charge is -2.37. The van der Waals surface area contributed by atoms with E-state index in [4.69, 9.17) is 9.39 Å². The number of hydroxylamine groups is 2. The summed E-state index contributed by atoms with van der Waals surface area (Å²) >= 11 is 0. The molecule has 194 valence electrons. The maximum Gasteiger partial charge on any atom is 0.294 e. The molecule has 36 heavy (non-hydrogen) atoms. The predicted octanol–water partition coefficient (Wildman–Crippen LogP) is 5.63. The van der Waals surface area contributed by atoms with Gasteiger partial charge in [0, 0.05) is 18.6 Å². The molecule has 0 saturated carbocycles. The first-order chi connectivity index (χ1) is 17.2. The number of quaternary nitrogens is 2. The van der Waals surface area contributed by atoms with Crippen molar-refractivity contribution in [2.24, 2.45) is 0 Å². The number of hydrogen-bond acceptors (Lipinski definition) is 3. The standard InChI is InChI=1S/C22H32N2O.C7H8O3S/c1-3-23(4-2)16-11-17-24(19-18-23,22-14-9-6-10-15-22)25-20-21-12-7-5-8-13-21;1-6-2-4-7(5-3-6)11(8,9)10/h5-10,12-15H,3-4,11,16-20H2,1-2H3;2-5H,1H3,(H,8,9,10)/q+2;. The summed E-state index contributed by atoms with van der Waals surface area (Å²) < 4.78 is 31.4. The van der Waals surface area contributed by atoms with E-state index in [9.17, 15) is 8.42 Å². The van der Waals surface area contributed by atoms with E-state index < -0.39 is 10.1 Å². The second-order valence-corrected chi connectivity index (χ2v) is 10.9. The summed E-state index contributed by atoms with van der Waals surface area (Å²) in [4.78, 5) is 6.57. The van der Waals surface area contributed by atoms with E-state index in [0.29, 0.717) is 11.3 Å². The zero-order chi connectivity index (χ0) is 26.1. The summed E-state index contributed by atoms with van der Waals surface area (Å²) in [6.07, 6.45) is 1.20. The van der Waals surface area contributed by atoms with Gasteiger partial charge >= 0.3 is 0 Å². The summed E-state index contributed by atoms with van der Waals surface area (Å²) in [7, 11) is -4.02. The smallest absolute Gasteiger partial charge is 0.294 e. The summed E-state index contributed by atoms with van der Waals surface area (Å²) in [5.74, 6) is 0. The molecule has 1 saturated heterocycles. The van der Waals surface area contributed by atoms with Crippen LogP contribution in [0.1, 0.15) is 31.4 Å². The van der Waals surface area contributed by atoms with E-state index in [1.807, 2.05) is 6.92 Å². The molecular weight excluding hydrogens is 472 g/mol. The van der Waals surface area contributed by atoms with Gasteiger partial charge in [-0.25, -0.2) is 0 Å². The minimum Gasteiger partial charge on any atom is -0.319 e. The van der Waals surface area contributed by atoms with Crippen LogP contribution in [0.3, 0.4) is 0 Å². The Morgan fingerprint density at radius 3 is 1.92 bits per heavy atom. The first kappa shape index (κ1) is 28.0. The molecule has 0 bridgehead atoms. The van der Waals surface area contributed by atoms with E-state index in [1.165, 1.54) is 60.5 Å². The molecular formula is C29H40N2O4S+2. The van der Waals surface area contributed by atoms with Gasteiger partial charge in [-0.2, -0.15) is 13.3 Å². The largest absolute Gasteiger partial charge is 0.319 e. The average Bonchev–Trinajstić information content (AvgIpc) is 3.09. The Labute approximate surface area is 216 Å². The highest BCUT2D eigenvalue weighted by molar-refractivity contribution is 7.85. The van der Waals surface area contributed by atoms with Crippen LogP contribution in [0.2, 0.25) is 0 Å². The van der Waals surface area contributed by atoms with Crippen LogP contribution >= 0.6 is 0 Å². The van der Waals surface area contributed by atoms with Crippen LogP contribution in [0, 0.1) is 6.92 Å². The zero-order valence-corrected chi connectivity index (χ0v) is 22.5. The fraction of sp³-hybridized carbons (Fsp3) is 0.379. The topological polar surface area (TPSA) is 63.6 Å². The van der Waals surface area contributed by atoms with Gasteiger partial charge in [0.05, 0.1) is 24.5 Å². The quantitative estimate of drug-likeness (QED) is 0.329. The van der Waals surface area contributed by atoms with Gasteiger partial charge < -0.3 is 4.48 Å². The van der Waals surface area contributed by atoms with Crippen LogP contribution in [0.4, 0.5) is 5.69 Å². The second kappa shape index (κ2) is 12.6. The van der Waals surface area contributed by atoms with Gasteiger partial charge in [0.25, 0.3) is 10.1 Å². The van der Waals surface area contributed by atoms with E-state index >= 15 is 0 Å². The lowest BCUT2D eigenvalue weighted by Crippen LogP contribution is -2.54. The predicted molar refractivity (Wildman–Crippen MR) is 146 cm³/mol. The van der Waals surface area contributed by atoms with E-state index in [-0.39, 0.29) is 4.90 Å². The van der Waals surface area contributed by atoms with Crippen molar-refractivity contribution in [2.75, 3.05) is 39.3 Å². The average molecular weight is 513 g/mol. The lowest BCUT2D eigenvalue weighted by atomic mass is 10.2. The molecule has 1 heterocycles. The summed E-state index contributed by atoms with van der Waals surface area (Å²) in [6.45, 7) is 14.1. The molecule has 0 radical (unpaired) electrons. The third-order valence-electron chi connectivity index (χ3n) is 7.30. The number of likely N-dealkylation sites (N-methyl/N-ethyl adjacent to an activating group) is 1. The van der Waals surface area contributed by atoms with Crippen LogP contribution in [0.15, 0.2) is 89.8 Å². The van der Waals surface area contributed by atoms with Gasteiger partial charge in [0.2, 0.25) is 0 Å². The summed E-state index contributed by atoms with van der Waals surface area (Å²) in [6, 6.07) is 27.3.